The van der Waals surface area contributed by atoms with Crippen LogP contribution in [0.15, 0.2) is 48.6 Å². The van der Waals surface area contributed by atoms with Gasteiger partial charge in [-0.25, -0.2) is 0 Å². The smallest absolute Gasteiger partial charge is 0.224 e. The highest BCUT2D eigenvalue weighted by molar-refractivity contribution is 5.90. The summed E-state index contributed by atoms with van der Waals surface area (Å²) in [4.78, 5) is 12.0. The summed E-state index contributed by atoms with van der Waals surface area (Å²) in [5.74, 6) is 0.139. The van der Waals surface area contributed by atoms with Gasteiger partial charge < -0.3 is 5.32 Å². The van der Waals surface area contributed by atoms with E-state index >= 15 is 0 Å². The van der Waals surface area contributed by atoms with Crippen molar-refractivity contribution in [3.63, 3.8) is 0 Å². The van der Waals surface area contributed by atoms with Gasteiger partial charge in [0.15, 0.2) is 0 Å². The number of nitrogens with one attached hydrogen (secondary N) is 1. The molecule has 0 saturated carbocycles. The fraction of sp³-hybridized carbons (Fsp3) is 0.476. The van der Waals surface area contributed by atoms with Gasteiger partial charge in [-0.2, -0.15) is 0 Å². The molecule has 0 aliphatic carbocycles. The van der Waals surface area contributed by atoms with E-state index in [1.54, 1.807) is 0 Å². The first-order chi connectivity index (χ1) is 11.3. The zero-order valence-electron chi connectivity index (χ0n) is 14.1. The number of rotatable bonds is 0. The number of hydrogen-bond donors (Lipinski definition) is 1. The van der Waals surface area contributed by atoms with Crippen LogP contribution in [-0.4, -0.2) is 5.91 Å². The van der Waals surface area contributed by atoms with Crippen molar-refractivity contribution in [2.24, 2.45) is 0 Å². The Bertz CT molecular complexity index is 530. The Morgan fingerprint density at radius 2 is 1.48 bits per heavy atom. The van der Waals surface area contributed by atoms with Crippen LogP contribution in [0, 0.1) is 0 Å². The van der Waals surface area contributed by atoms with Crippen molar-refractivity contribution in [3.05, 3.63) is 54.1 Å². The zero-order chi connectivity index (χ0) is 16.2. The zero-order valence-corrected chi connectivity index (χ0v) is 14.1. The lowest BCUT2D eigenvalue weighted by Crippen LogP contribution is -2.11. The number of carbonyl (C=O) groups excluding carboxylic acids is 1. The van der Waals surface area contributed by atoms with E-state index in [1.807, 2.05) is 12.1 Å². The summed E-state index contributed by atoms with van der Waals surface area (Å²) in [6, 6.07) is 8.24. The van der Waals surface area contributed by atoms with Gasteiger partial charge in [0, 0.05) is 12.1 Å². The average Bonchev–Trinajstić information content (AvgIpc) is 2.55. The maximum absolute atomic E-state index is 12.0. The van der Waals surface area contributed by atoms with Crippen molar-refractivity contribution in [1.82, 2.24) is 0 Å². The van der Waals surface area contributed by atoms with Crippen molar-refractivity contribution in [2.45, 2.75) is 64.2 Å². The fourth-order valence-corrected chi connectivity index (χ4v) is 2.84. The maximum atomic E-state index is 12.0. The fourth-order valence-electron chi connectivity index (χ4n) is 2.84. The van der Waals surface area contributed by atoms with Crippen molar-refractivity contribution in [2.75, 3.05) is 5.32 Å². The summed E-state index contributed by atoms with van der Waals surface area (Å²) in [5, 5.41) is 3.03. The van der Waals surface area contributed by atoms with Crippen LogP contribution in [0.4, 0.5) is 5.69 Å². The van der Waals surface area contributed by atoms with Gasteiger partial charge in [0.2, 0.25) is 5.91 Å². The number of anilines is 1. The highest BCUT2D eigenvalue weighted by Crippen LogP contribution is 2.14. The minimum absolute atomic E-state index is 0.139. The van der Waals surface area contributed by atoms with Gasteiger partial charge in [0.1, 0.15) is 0 Å². The monoisotopic (exact) mass is 311 g/mol. The Balaban J connectivity index is 1.92. The molecule has 0 unspecified atom stereocenters. The van der Waals surface area contributed by atoms with E-state index in [-0.39, 0.29) is 5.91 Å². The van der Waals surface area contributed by atoms with Crippen molar-refractivity contribution >= 4 is 11.6 Å². The first-order valence-electron chi connectivity index (χ1n) is 9.03. The minimum atomic E-state index is 0.139. The molecule has 2 bridgehead atoms. The van der Waals surface area contributed by atoms with E-state index in [1.165, 1.54) is 24.8 Å². The predicted octanol–water partition coefficient (Wildman–Crippen LogP) is 5.80. The number of aryl methyl sites for hydroxylation is 1. The third kappa shape index (κ3) is 7.83. The van der Waals surface area contributed by atoms with Gasteiger partial charge in [0.25, 0.3) is 0 Å². The molecule has 2 nitrogen and oxygen atoms in total. The third-order valence-electron chi connectivity index (χ3n) is 4.17. The molecule has 0 atom stereocenters. The molecule has 124 valence electrons. The van der Waals surface area contributed by atoms with Crippen molar-refractivity contribution < 1.29 is 4.79 Å². The lowest BCUT2D eigenvalue weighted by Gasteiger charge is -2.07. The van der Waals surface area contributed by atoms with Crippen LogP contribution in [0.2, 0.25) is 0 Å². The third-order valence-corrected chi connectivity index (χ3v) is 4.17. The van der Waals surface area contributed by atoms with Crippen molar-refractivity contribution in [1.29, 1.82) is 0 Å². The lowest BCUT2D eigenvalue weighted by molar-refractivity contribution is -0.116. The normalized spacial score (nSPS) is 21.3. The van der Waals surface area contributed by atoms with Crippen LogP contribution in [-0.2, 0) is 11.2 Å². The van der Waals surface area contributed by atoms with E-state index in [2.05, 4.69) is 41.8 Å². The lowest BCUT2D eigenvalue weighted by atomic mass is 10.1. The Morgan fingerprint density at radius 1 is 0.739 bits per heavy atom. The first kappa shape index (κ1) is 17.5. The topological polar surface area (TPSA) is 29.1 Å². The number of hydrogen-bond acceptors (Lipinski definition) is 1. The first-order valence-corrected chi connectivity index (χ1v) is 9.03. The Morgan fingerprint density at radius 3 is 2.35 bits per heavy atom. The summed E-state index contributed by atoms with van der Waals surface area (Å²) in [6.45, 7) is 0. The molecule has 0 fully saturated rings. The van der Waals surface area contributed by atoms with E-state index in [9.17, 15) is 4.79 Å². The van der Waals surface area contributed by atoms with E-state index < -0.39 is 0 Å². The van der Waals surface area contributed by atoms with E-state index in [0.29, 0.717) is 6.42 Å². The second-order valence-electron chi connectivity index (χ2n) is 6.26. The molecular formula is C21H29NO. The number of fused-ring (bicyclic) bond motifs is 2. The highest BCUT2D eigenvalue weighted by atomic mass is 16.1. The number of carbonyl (C=O) groups is 1. The second-order valence-corrected chi connectivity index (χ2v) is 6.26. The molecule has 0 saturated heterocycles. The molecular weight excluding hydrogens is 282 g/mol. The quantitative estimate of drug-likeness (QED) is 0.602. The number of benzene rings is 1. The standard InChI is InChI=1S/C21H29NO/c23-21-17-12-10-8-6-4-2-1-3-5-7-9-11-14-19-15-13-16-20(18-19)22-21/h1-2,7,9,13,15-16,18H,3-6,8,10-12,14,17H2,(H,22,23)/b2-1-,9-7-. The van der Waals surface area contributed by atoms with Crippen molar-refractivity contribution in [3.8, 4) is 0 Å². The summed E-state index contributed by atoms with van der Waals surface area (Å²) in [7, 11) is 0. The van der Waals surface area contributed by atoms with E-state index in [0.717, 1.165) is 44.2 Å². The largest absolute Gasteiger partial charge is 0.326 e. The summed E-state index contributed by atoms with van der Waals surface area (Å²) >= 11 is 0. The average molecular weight is 311 g/mol. The predicted molar refractivity (Wildman–Crippen MR) is 98.6 cm³/mol. The van der Waals surface area contributed by atoms with Gasteiger partial charge >= 0.3 is 0 Å². The Hall–Kier alpha value is -1.83. The molecule has 1 N–H and O–H groups in total. The molecule has 1 aromatic carbocycles. The minimum Gasteiger partial charge on any atom is -0.326 e. The van der Waals surface area contributed by atoms with Gasteiger partial charge in [-0.3, -0.25) is 4.79 Å². The van der Waals surface area contributed by atoms with Gasteiger partial charge in [-0.1, -0.05) is 49.3 Å². The van der Waals surface area contributed by atoms with E-state index in [4.69, 9.17) is 0 Å². The highest BCUT2D eigenvalue weighted by Gasteiger charge is 2.03. The van der Waals surface area contributed by atoms with Crippen LogP contribution in [0.1, 0.15) is 63.4 Å². The van der Waals surface area contributed by atoms with Crippen LogP contribution in [0.3, 0.4) is 0 Å². The molecule has 1 aliphatic heterocycles. The molecule has 2 heteroatoms. The molecule has 1 amide bonds. The van der Waals surface area contributed by atoms with Crippen LogP contribution in [0.25, 0.3) is 0 Å². The molecule has 1 heterocycles. The Labute approximate surface area is 140 Å². The van der Waals surface area contributed by atoms with Gasteiger partial charge in [-0.05, 0) is 62.6 Å². The number of allylic oxidation sites excluding steroid dienone is 4. The SMILES string of the molecule is O=C1CCCCCC/C=C\CC/C=C\CCc2cccc(c2)N1. The number of amides is 1. The Kier molecular flexibility index (Phi) is 8.25. The molecule has 1 aromatic rings. The molecule has 23 heavy (non-hydrogen) atoms. The second kappa shape index (κ2) is 10.8. The molecule has 2 rings (SSSR count). The maximum Gasteiger partial charge on any atom is 0.224 e. The molecule has 1 aliphatic rings. The van der Waals surface area contributed by atoms with Gasteiger partial charge in [-0.15, -0.1) is 0 Å². The van der Waals surface area contributed by atoms with Crippen LogP contribution < -0.4 is 5.32 Å². The summed E-state index contributed by atoms with van der Waals surface area (Å²) in [5.41, 5.74) is 2.21. The summed E-state index contributed by atoms with van der Waals surface area (Å²) < 4.78 is 0. The van der Waals surface area contributed by atoms with Crippen LogP contribution >= 0.6 is 0 Å². The molecule has 0 spiro atoms. The molecule has 0 aromatic heterocycles. The summed E-state index contributed by atoms with van der Waals surface area (Å²) in [6.07, 6.45) is 19.9. The van der Waals surface area contributed by atoms with Gasteiger partial charge in [0.05, 0.1) is 0 Å². The van der Waals surface area contributed by atoms with Crippen LogP contribution in [0.5, 0.6) is 0 Å². The molecule has 0 radical (unpaired) electrons.